The van der Waals surface area contributed by atoms with E-state index >= 15 is 0 Å². The highest BCUT2D eigenvalue weighted by molar-refractivity contribution is 6.00. The van der Waals surface area contributed by atoms with E-state index in [-0.39, 0.29) is 5.78 Å². The quantitative estimate of drug-likeness (QED) is 0.810. The number of hydrogen-bond acceptors (Lipinski definition) is 3. The molecular formula is C14H19NO2. The molecule has 0 aliphatic carbocycles. The van der Waals surface area contributed by atoms with Gasteiger partial charge >= 0.3 is 0 Å². The molecule has 1 aromatic carbocycles. The predicted octanol–water partition coefficient (Wildman–Crippen LogP) is 2.19. The number of carbonyl (C=O) groups excluding carboxylic acids is 1. The molecule has 0 bridgehead atoms. The van der Waals surface area contributed by atoms with Gasteiger partial charge in [-0.3, -0.25) is 4.79 Å². The SMILES string of the molecule is CC(C)NCC(=O)c1cccc2c1OCCC2. The molecule has 1 heterocycles. The third-order valence-corrected chi connectivity index (χ3v) is 2.90. The minimum atomic E-state index is 0.109. The smallest absolute Gasteiger partial charge is 0.180 e. The van der Waals surface area contributed by atoms with Crippen molar-refractivity contribution < 1.29 is 9.53 Å². The molecule has 0 radical (unpaired) electrons. The monoisotopic (exact) mass is 233 g/mol. The summed E-state index contributed by atoms with van der Waals surface area (Å²) in [5, 5.41) is 3.15. The lowest BCUT2D eigenvalue weighted by Gasteiger charge is -2.20. The number of Topliss-reactive ketones (excluding diaryl/α,β-unsaturated/α-hetero) is 1. The van der Waals surface area contributed by atoms with Gasteiger partial charge in [0.1, 0.15) is 5.75 Å². The van der Waals surface area contributed by atoms with Crippen LogP contribution in [0.1, 0.15) is 36.2 Å². The summed E-state index contributed by atoms with van der Waals surface area (Å²) in [7, 11) is 0. The van der Waals surface area contributed by atoms with E-state index in [9.17, 15) is 4.79 Å². The minimum Gasteiger partial charge on any atom is -0.493 e. The summed E-state index contributed by atoms with van der Waals surface area (Å²) in [6.45, 7) is 5.15. The fourth-order valence-corrected chi connectivity index (χ4v) is 2.00. The van der Waals surface area contributed by atoms with Crippen LogP contribution in [0, 0.1) is 0 Å². The molecule has 0 aromatic heterocycles. The van der Waals surface area contributed by atoms with Gasteiger partial charge in [0.15, 0.2) is 5.78 Å². The van der Waals surface area contributed by atoms with Gasteiger partial charge in [0, 0.05) is 6.04 Å². The summed E-state index contributed by atoms with van der Waals surface area (Å²) in [5.74, 6) is 0.909. The topological polar surface area (TPSA) is 38.3 Å². The number of carbonyl (C=O) groups is 1. The van der Waals surface area contributed by atoms with E-state index in [4.69, 9.17) is 4.74 Å². The van der Waals surface area contributed by atoms with Crippen molar-refractivity contribution in [3.05, 3.63) is 29.3 Å². The molecule has 0 fully saturated rings. The third kappa shape index (κ3) is 2.86. The summed E-state index contributed by atoms with van der Waals surface area (Å²) in [6.07, 6.45) is 2.04. The summed E-state index contributed by atoms with van der Waals surface area (Å²) in [4.78, 5) is 12.1. The van der Waals surface area contributed by atoms with E-state index < -0.39 is 0 Å². The Labute approximate surface area is 102 Å². The van der Waals surface area contributed by atoms with Gasteiger partial charge in [0.05, 0.1) is 18.7 Å². The Morgan fingerprint density at radius 3 is 3.06 bits per heavy atom. The van der Waals surface area contributed by atoms with E-state index in [0.29, 0.717) is 12.6 Å². The maximum atomic E-state index is 12.1. The second kappa shape index (κ2) is 5.32. The van der Waals surface area contributed by atoms with Crippen LogP contribution < -0.4 is 10.1 Å². The van der Waals surface area contributed by atoms with E-state index in [0.717, 1.165) is 36.3 Å². The van der Waals surface area contributed by atoms with Crippen LogP contribution in [-0.2, 0) is 6.42 Å². The minimum absolute atomic E-state index is 0.109. The first-order chi connectivity index (χ1) is 8.18. The van der Waals surface area contributed by atoms with Gasteiger partial charge in [0.2, 0.25) is 0 Å². The number of nitrogens with one attached hydrogen (secondary N) is 1. The third-order valence-electron chi connectivity index (χ3n) is 2.90. The Hall–Kier alpha value is -1.35. The summed E-state index contributed by atoms with van der Waals surface area (Å²) < 4.78 is 5.63. The lowest BCUT2D eigenvalue weighted by atomic mass is 10.00. The Morgan fingerprint density at radius 2 is 2.29 bits per heavy atom. The molecule has 1 aliphatic rings. The Balaban J connectivity index is 2.17. The van der Waals surface area contributed by atoms with Crippen molar-refractivity contribution in [3.63, 3.8) is 0 Å². The average Bonchev–Trinajstić information content (AvgIpc) is 2.35. The average molecular weight is 233 g/mol. The maximum Gasteiger partial charge on any atom is 0.180 e. The predicted molar refractivity (Wildman–Crippen MR) is 67.7 cm³/mol. The first-order valence-corrected chi connectivity index (χ1v) is 6.19. The normalized spacial score (nSPS) is 14.3. The first kappa shape index (κ1) is 12.1. The molecule has 0 saturated carbocycles. The molecule has 1 N–H and O–H groups in total. The van der Waals surface area contributed by atoms with Gasteiger partial charge in [0.25, 0.3) is 0 Å². The van der Waals surface area contributed by atoms with Crippen molar-refractivity contribution in [2.24, 2.45) is 0 Å². The van der Waals surface area contributed by atoms with Crippen LogP contribution in [-0.4, -0.2) is 25.0 Å². The second-order valence-electron chi connectivity index (χ2n) is 4.70. The lowest BCUT2D eigenvalue weighted by molar-refractivity contribution is 0.0983. The number of para-hydroxylation sites is 1. The van der Waals surface area contributed by atoms with Crippen molar-refractivity contribution in [1.82, 2.24) is 5.32 Å². The van der Waals surface area contributed by atoms with E-state index in [2.05, 4.69) is 5.32 Å². The fraction of sp³-hybridized carbons (Fsp3) is 0.500. The van der Waals surface area contributed by atoms with Crippen LogP contribution in [0.2, 0.25) is 0 Å². The number of ketones is 1. The molecule has 2 rings (SSSR count). The number of fused-ring (bicyclic) bond motifs is 1. The largest absolute Gasteiger partial charge is 0.493 e. The van der Waals surface area contributed by atoms with Gasteiger partial charge in [-0.1, -0.05) is 26.0 Å². The summed E-state index contributed by atoms with van der Waals surface area (Å²) in [5.41, 5.74) is 1.88. The Bertz CT molecular complexity index is 413. The highest BCUT2D eigenvalue weighted by atomic mass is 16.5. The second-order valence-corrected chi connectivity index (χ2v) is 4.70. The molecule has 0 saturated heterocycles. The zero-order valence-corrected chi connectivity index (χ0v) is 10.5. The Morgan fingerprint density at radius 1 is 1.47 bits per heavy atom. The number of rotatable bonds is 4. The molecular weight excluding hydrogens is 214 g/mol. The molecule has 3 heteroatoms. The van der Waals surface area contributed by atoms with Crippen molar-refractivity contribution in [2.75, 3.05) is 13.2 Å². The van der Waals surface area contributed by atoms with Gasteiger partial charge in [-0.05, 0) is 24.5 Å². The molecule has 0 spiro atoms. The van der Waals surface area contributed by atoms with Crippen LogP contribution in [0.4, 0.5) is 0 Å². The van der Waals surface area contributed by atoms with E-state index in [1.54, 1.807) is 0 Å². The highest BCUT2D eigenvalue weighted by Crippen LogP contribution is 2.28. The molecule has 1 aromatic rings. The fourth-order valence-electron chi connectivity index (χ4n) is 2.00. The molecule has 0 unspecified atom stereocenters. The molecule has 17 heavy (non-hydrogen) atoms. The van der Waals surface area contributed by atoms with Gasteiger partial charge < -0.3 is 10.1 Å². The van der Waals surface area contributed by atoms with Gasteiger partial charge in [-0.25, -0.2) is 0 Å². The number of benzene rings is 1. The highest BCUT2D eigenvalue weighted by Gasteiger charge is 2.18. The maximum absolute atomic E-state index is 12.1. The summed E-state index contributed by atoms with van der Waals surface area (Å²) in [6, 6.07) is 6.16. The zero-order valence-electron chi connectivity index (χ0n) is 10.5. The number of ether oxygens (including phenoxy) is 1. The van der Waals surface area contributed by atoms with Gasteiger partial charge in [-0.15, -0.1) is 0 Å². The number of aryl methyl sites for hydroxylation is 1. The first-order valence-electron chi connectivity index (χ1n) is 6.19. The van der Waals surface area contributed by atoms with Crippen LogP contribution in [0.3, 0.4) is 0 Å². The number of hydrogen-bond donors (Lipinski definition) is 1. The van der Waals surface area contributed by atoms with Crippen LogP contribution >= 0.6 is 0 Å². The van der Waals surface area contributed by atoms with Crippen molar-refractivity contribution in [3.8, 4) is 5.75 Å². The van der Waals surface area contributed by atoms with E-state index in [1.807, 2.05) is 32.0 Å². The Kier molecular flexibility index (Phi) is 3.79. The lowest BCUT2D eigenvalue weighted by Crippen LogP contribution is -2.29. The molecule has 1 aliphatic heterocycles. The van der Waals surface area contributed by atoms with Crippen molar-refractivity contribution in [2.45, 2.75) is 32.7 Å². The summed E-state index contributed by atoms with van der Waals surface area (Å²) >= 11 is 0. The van der Waals surface area contributed by atoms with Crippen LogP contribution in [0.25, 0.3) is 0 Å². The molecule has 92 valence electrons. The molecule has 0 amide bonds. The van der Waals surface area contributed by atoms with Crippen molar-refractivity contribution >= 4 is 5.78 Å². The van der Waals surface area contributed by atoms with Crippen LogP contribution in [0.5, 0.6) is 5.75 Å². The van der Waals surface area contributed by atoms with Crippen LogP contribution in [0.15, 0.2) is 18.2 Å². The zero-order chi connectivity index (χ0) is 12.3. The molecule has 3 nitrogen and oxygen atoms in total. The standard InChI is InChI=1S/C14H19NO2/c1-10(2)15-9-13(16)12-7-3-5-11-6-4-8-17-14(11)12/h3,5,7,10,15H,4,6,8-9H2,1-2H3. The van der Waals surface area contributed by atoms with Gasteiger partial charge in [-0.2, -0.15) is 0 Å². The van der Waals surface area contributed by atoms with E-state index in [1.165, 1.54) is 0 Å². The van der Waals surface area contributed by atoms with Crippen molar-refractivity contribution in [1.29, 1.82) is 0 Å². The molecule has 0 atom stereocenters.